The molecule has 1 aliphatic rings. The fraction of sp³-hybridized carbons (Fsp3) is 0.476. The molecule has 0 spiro atoms. The third-order valence-electron chi connectivity index (χ3n) is 4.82. The number of rotatable bonds is 4. The number of benzene rings is 1. The molecule has 1 heterocycles. The smallest absolute Gasteiger partial charge is 0.123 e. The Labute approximate surface area is 149 Å². The van der Waals surface area contributed by atoms with Gasteiger partial charge in [0, 0.05) is 14.5 Å². The summed E-state index contributed by atoms with van der Waals surface area (Å²) in [5.41, 5.74) is 2.36. The Morgan fingerprint density at radius 3 is 2.42 bits per heavy atom. The molecule has 1 aromatic carbocycles. The van der Waals surface area contributed by atoms with Crippen LogP contribution in [0, 0.1) is 11.7 Å². The highest BCUT2D eigenvalue weighted by Gasteiger charge is 2.23. The van der Waals surface area contributed by atoms with Crippen molar-refractivity contribution in [1.82, 2.24) is 4.98 Å². The molecule has 1 fully saturated rings. The predicted octanol–water partition coefficient (Wildman–Crippen LogP) is 5.56. The summed E-state index contributed by atoms with van der Waals surface area (Å²) in [6.07, 6.45) is 5.86. The third kappa shape index (κ3) is 4.13. The van der Waals surface area contributed by atoms with E-state index in [0.717, 1.165) is 47.7 Å². The minimum Gasteiger partial charge on any atom is -0.256 e. The maximum absolute atomic E-state index is 13.3. The van der Waals surface area contributed by atoms with Crippen LogP contribution in [0.15, 0.2) is 36.5 Å². The van der Waals surface area contributed by atoms with E-state index in [-0.39, 0.29) is 11.7 Å². The van der Waals surface area contributed by atoms with Gasteiger partial charge in [-0.15, -0.1) is 0 Å². The molecule has 0 radical (unpaired) electrons. The maximum atomic E-state index is 13.3. The Hall–Kier alpha value is -1.48. The van der Waals surface area contributed by atoms with E-state index in [9.17, 15) is 4.39 Å². The molecule has 0 atom stereocenters. The van der Waals surface area contributed by atoms with Crippen molar-refractivity contribution in [2.75, 3.05) is 0 Å². The van der Waals surface area contributed by atoms with Gasteiger partial charge < -0.3 is 0 Å². The molecule has 1 nitrogen and oxygen atoms in total. The summed E-state index contributed by atoms with van der Waals surface area (Å²) >= 11 is 0. The van der Waals surface area contributed by atoms with Gasteiger partial charge in [-0.25, -0.2) is 4.39 Å². The first-order valence-corrected chi connectivity index (χ1v) is 12.5. The van der Waals surface area contributed by atoms with Crippen molar-refractivity contribution in [1.29, 1.82) is 0 Å². The van der Waals surface area contributed by atoms with Crippen molar-refractivity contribution in [2.45, 2.75) is 58.1 Å². The highest BCUT2D eigenvalue weighted by Crippen LogP contribution is 2.28. The molecule has 2 aromatic rings. The fourth-order valence-corrected chi connectivity index (χ4v) is 4.82. The normalized spacial score (nSPS) is 18.2. The lowest BCUT2D eigenvalue weighted by Gasteiger charge is -2.26. The van der Waals surface area contributed by atoms with Crippen molar-refractivity contribution < 1.29 is 7.13 Å². The lowest BCUT2D eigenvalue weighted by molar-refractivity contribution is 0.357. The molecular formula is C21H28FNSi. The van der Waals surface area contributed by atoms with Crippen LogP contribution in [0.4, 0.5) is 4.39 Å². The lowest BCUT2D eigenvalue weighted by atomic mass is 9.85. The van der Waals surface area contributed by atoms with E-state index in [0.29, 0.717) is 0 Å². The Morgan fingerprint density at radius 2 is 1.79 bits per heavy atom. The zero-order valence-corrected chi connectivity index (χ0v) is 15.9. The van der Waals surface area contributed by atoms with E-state index in [2.05, 4.69) is 24.6 Å². The van der Waals surface area contributed by atoms with Crippen LogP contribution in [0.1, 0.15) is 40.4 Å². The first-order valence-electron chi connectivity index (χ1n) is 9.96. The van der Waals surface area contributed by atoms with Crippen molar-refractivity contribution in [3.05, 3.63) is 47.9 Å². The van der Waals surface area contributed by atoms with Crippen LogP contribution in [0.2, 0.25) is 19.6 Å². The number of halogens is 1. The van der Waals surface area contributed by atoms with Gasteiger partial charge in [0.1, 0.15) is 5.82 Å². The standard InChI is InChI=1S/C21H28FNSi/c1-24(2,3)21-15-23-20(17-9-11-19(22)12-10-17)14-18(21)13-16-7-5-4-6-8-16/h9-12,14-16H,4-8,13H2,1-3H3/i13D2. The summed E-state index contributed by atoms with van der Waals surface area (Å²) in [4.78, 5) is 4.61. The lowest BCUT2D eigenvalue weighted by Crippen LogP contribution is -2.41. The number of pyridine rings is 1. The van der Waals surface area contributed by atoms with Gasteiger partial charge in [-0.2, -0.15) is 0 Å². The van der Waals surface area contributed by atoms with Crippen LogP contribution in [-0.4, -0.2) is 13.1 Å². The van der Waals surface area contributed by atoms with E-state index in [4.69, 9.17) is 2.74 Å². The van der Waals surface area contributed by atoms with Crippen molar-refractivity contribution in [2.24, 2.45) is 5.92 Å². The topological polar surface area (TPSA) is 12.9 Å². The Morgan fingerprint density at radius 1 is 1.12 bits per heavy atom. The summed E-state index contributed by atoms with van der Waals surface area (Å²) in [5, 5.41) is 1.10. The molecule has 24 heavy (non-hydrogen) atoms. The van der Waals surface area contributed by atoms with Crippen molar-refractivity contribution in [3.8, 4) is 11.3 Å². The van der Waals surface area contributed by atoms with E-state index < -0.39 is 14.4 Å². The van der Waals surface area contributed by atoms with Crippen LogP contribution >= 0.6 is 0 Å². The summed E-state index contributed by atoms with van der Waals surface area (Å²) in [5.74, 6) is -0.208. The van der Waals surface area contributed by atoms with Gasteiger partial charge in [-0.05, 0) is 53.4 Å². The minimum absolute atomic E-state index is 0.0646. The average molecular weight is 344 g/mol. The van der Waals surface area contributed by atoms with E-state index >= 15 is 0 Å². The quantitative estimate of drug-likeness (QED) is 0.663. The molecule has 0 bridgehead atoms. The van der Waals surface area contributed by atoms with Gasteiger partial charge in [0.15, 0.2) is 0 Å². The summed E-state index contributed by atoms with van der Waals surface area (Å²) < 4.78 is 31.2. The van der Waals surface area contributed by atoms with E-state index in [1.54, 1.807) is 12.1 Å². The molecule has 0 unspecified atom stereocenters. The predicted molar refractivity (Wildman–Crippen MR) is 103 cm³/mol. The summed E-state index contributed by atoms with van der Waals surface area (Å²) in [6.45, 7) is 6.71. The fourth-order valence-electron chi connectivity index (χ4n) is 3.42. The first kappa shape index (κ1) is 14.8. The molecule has 0 saturated heterocycles. The minimum atomic E-state index is -1.75. The van der Waals surface area contributed by atoms with E-state index in [1.807, 2.05) is 12.3 Å². The second kappa shape index (κ2) is 7.18. The first-order chi connectivity index (χ1) is 12.2. The number of hydrogen-bond acceptors (Lipinski definition) is 1. The van der Waals surface area contributed by atoms with Gasteiger partial charge >= 0.3 is 0 Å². The number of nitrogens with zero attached hydrogens (tertiary/aromatic N) is 1. The van der Waals surface area contributed by atoms with Gasteiger partial charge in [0.2, 0.25) is 0 Å². The monoisotopic (exact) mass is 343 g/mol. The van der Waals surface area contributed by atoms with Crippen molar-refractivity contribution >= 4 is 13.3 Å². The molecule has 0 N–H and O–H groups in total. The van der Waals surface area contributed by atoms with Gasteiger partial charge in [-0.1, -0.05) is 51.7 Å². The van der Waals surface area contributed by atoms with Crippen LogP contribution in [0.3, 0.4) is 0 Å². The molecule has 3 rings (SSSR count). The zero-order valence-electron chi connectivity index (χ0n) is 16.9. The third-order valence-corrected chi connectivity index (χ3v) is 6.83. The van der Waals surface area contributed by atoms with Crippen LogP contribution in [0.25, 0.3) is 11.3 Å². The molecule has 128 valence electrons. The molecule has 0 aliphatic heterocycles. The van der Waals surface area contributed by atoms with Gasteiger partial charge in [0.05, 0.1) is 13.8 Å². The summed E-state index contributed by atoms with van der Waals surface area (Å²) in [6, 6.07) is 8.21. The number of hydrogen-bond donors (Lipinski definition) is 0. The number of aromatic nitrogens is 1. The Balaban J connectivity index is 2.10. The molecule has 1 aromatic heterocycles. The molecule has 1 aliphatic carbocycles. The Bertz CT molecular complexity index is 763. The SMILES string of the molecule is [2H]C([2H])(c1cc(-c2ccc(F)cc2)ncc1[Si](C)(C)C)C1CCCCC1. The molecule has 1 saturated carbocycles. The highest BCUT2D eigenvalue weighted by molar-refractivity contribution is 6.89. The Kier molecular flexibility index (Phi) is 4.44. The second-order valence-electron chi connectivity index (χ2n) is 7.85. The summed E-state index contributed by atoms with van der Waals surface area (Å²) in [7, 11) is -1.75. The van der Waals surface area contributed by atoms with E-state index in [1.165, 1.54) is 18.6 Å². The molecular weight excluding hydrogens is 313 g/mol. The molecule has 3 heteroatoms. The largest absolute Gasteiger partial charge is 0.256 e. The van der Waals surface area contributed by atoms with Crippen LogP contribution in [0.5, 0.6) is 0 Å². The highest BCUT2D eigenvalue weighted by atomic mass is 28.3. The van der Waals surface area contributed by atoms with Crippen LogP contribution < -0.4 is 5.19 Å². The second-order valence-corrected chi connectivity index (χ2v) is 12.9. The molecule has 0 amide bonds. The zero-order chi connectivity index (χ0) is 18.9. The average Bonchev–Trinajstić information content (AvgIpc) is 2.62. The van der Waals surface area contributed by atoms with Crippen molar-refractivity contribution in [3.63, 3.8) is 0 Å². The van der Waals surface area contributed by atoms with Gasteiger partial charge in [-0.3, -0.25) is 4.98 Å². The van der Waals surface area contributed by atoms with Crippen LogP contribution in [-0.2, 0) is 6.37 Å². The van der Waals surface area contributed by atoms with Gasteiger partial charge in [0.25, 0.3) is 0 Å². The maximum Gasteiger partial charge on any atom is 0.123 e.